The number of amides is 1. The first-order valence-corrected chi connectivity index (χ1v) is 13.6. The Morgan fingerprint density at radius 1 is 1.15 bits per heavy atom. The van der Waals surface area contributed by atoms with Crippen molar-refractivity contribution in [2.75, 3.05) is 25.2 Å². The summed E-state index contributed by atoms with van der Waals surface area (Å²) in [7, 11) is 1.57. The normalized spacial score (nSPS) is 17.5. The van der Waals surface area contributed by atoms with Gasteiger partial charge in [0.1, 0.15) is 16.9 Å². The van der Waals surface area contributed by atoms with Gasteiger partial charge in [-0.15, -0.1) is 0 Å². The van der Waals surface area contributed by atoms with E-state index in [9.17, 15) is 14.4 Å². The summed E-state index contributed by atoms with van der Waals surface area (Å²) >= 11 is 1.17. The average Bonchev–Trinajstić information content (AvgIpc) is 3.41. The van der Waals surface area contributed by atoms with Crippen molar-refractivity contribution in [3.05, 3.63) is 103 Å². The molecule has 9 heteroatoms. The maximum Gasteiger partial charge on any atom is 0.338 e. The van der Waals surface area contributed by atoms with Gasteiger partial charge in [-0.1, -0.05) is 67.7 Å². The van der Waals surface area contributed by atoms with Crippen molar-refractivity contribution in [2.24, 2.45) is 4.99 Å². The number of esters is 1. The molecule has 3 aromatic rings. The second kappa shape index (κ2) is 10.9. The van der Waals surface area contributed by atoms with Crippen LogP contribution >= 0.6 is 11.3 Å². The quantitative estimate of drug-likeness (QED) is 0.321. The van der Waals surface area contributed by atoms with Crippen LogP contribution in [0.2, 0.25) is 0 Å². The zero-order chi connectivity index (χ0) is 27.7. The van der Waals surface area contributed by atoms with Gasteiger partial charge in [0.2, 0.25) is 0 Å². The standard InChI is InChI=1S/C30H29N3O5S/c1-5-7-16-32-22-11-9-8-10-21(22)24(27(32)34)26-28(35)33-25(19-12-14-20(37-4)15-13-19)23(29(36)38-17-6-2)18(3)31-30(33)39-26/h6,8-15,25H,2,5,7,16-17H2,1,3-4H3/b26-24-/t25-/m0/s1. The number of hydrogen-bond donors (Lipinski definition) is 0. The molecule has 0 unspecified atom stereocenters. The molecule has 0 fully saturated rings. The van der Waals surface area contributed by atoms with Crippen molar-refractivity contribution in [1.29, 1.82) is 0 Å². The van der Waals surface area contributed by atoms with Gasteiger partial charge < -0.3 is 14.4 Å². The molecule has 200 valence electrons. The summed E-state index contributed by atoms with van der Waals surface area (Å²) in [4.78, 5) is 47.9. The van der Waals surface area contributed by atoms with Crippen LogP contribution in [0.3, 0.4) is 0 Å². The number of nitrogens with zero attached hydrogens (tertiary/aromatic N) is 3. The highest BCUT2D eigenvalue weighted by atomic mass is 32.1. The molecule has 0 radical (unpaired) electrons. The molecule has 0 N–H and O–H groups in total. The summed E-state index contributed by atoms with van der Waals surface area (Å²) in [6.07, 6.45) is 3.28. The van der Waals surface area contributed by atoms with Crippen molar-refractivity contribution < 1.29 is 19.1 Å². The van der Waals surface area contributed by atoms with E-state index in [0.717, 1.165) is 24.1 Å². The van der Waals surface area contributed by atoms with Crippen LogP contribution < -0.4 is 24.5 Å². The number of benzene rings is 2. The van der Waals surface area contributed by atoms with Crippen LogP contribution in [-0.4, -0.2) is 36.7 Å². The lowest BCUT2D eigenvalue weighted by molar-refractivity contribution is -0.138. The number of carbonyl (C=O) groups is 2. The molecule has 0 spiro atoms. The van der Waals surface area contributed by atoms with Gasteiger partial charge in [-0.2, -0.15) is 0 Å². The second-order valence-electron chi connectivity index (χ2n) is 9.27. The molecule has 3 heterocycles. The van der Waals surface area contributed by atoms with Gasteiger partial charge >= 0.3 is 5.97 Å². The molecule has 1 amide bonds. The number of aromatic nitrogens is 1. The third-order valence-electron chi connectivity index (χ3n) is 6.87. The largest absolute Gasteiger partial charge is 0.497 e. The van der Waals surface area contributed by atoms with Gasteiger partial charge in [0.05, 0.1) is 35.7 Å². The molecule has 1 atom stereocenters. The Morgan fingerprint density at radius 2 is 1.90 bits per heavy atom. The first-order chi connectivity index (χ1) is 18.9. The van der Waals surface area contributed by atoms with Crippen molar-refractivity contribution in [2.45, 2.75) is 32.7 Å². The summed E-state index contributed by atoms with van der Waals surface area (Å²) in [5.74, 6) is -0.134. The van der Waals surface area contributed by atoms with Crippen LogP contribution in [0.5, 0.6) is 5.75 Å². The summed E-state index contributed by atoms with van der Waals surface area (Å²) in [5.41, 5.74) is 2.92. The third-order valence-corrected chi connectivity index (χ3v) is 7.92. The Balaban J connectivity index is 1.76. The molecule has 39 heavy (non-hydrogen) atoms. The smallest absolute Gasteiger partial charge is 0.338 e. The molecule has 0 aliphatic carbocycles. The number of carbonyl (C=O) groups excluding carboxylic acids is 2. The van der Waals surface area contributed by atoms with E-state index in [2.05, 4.69) is 18.5 Å². The van der Waals surface area contributed by atoms with E-state index in [0.29, 0.717) is 38.5 Å². The number of fused-ring (bicyclic) bond motifs is 2. The van der Waals surface area contributed by atoms with Crippen LogP contribution in [-0.2, 0) is 14.3 Å². The minimum absolute atomic E-state index is 0.0262. The van der Waals surface area contributed by atoms with Gasteiger partial charge in [0, 0.05) is 12.1 Å². The molecule has 0 saturated carbocycles. The Bertz CT molecular complexity index is 1680. The summed E-state index contributed by atoms with van der Waals surface area (Å²) in [6.45, 7) is 8.01. The maximum atomic E-state index is 14.2. The lowest BCUT2D eigenvalue weighted by Crippen LogP contribution is -2.41. The van der Waals surface area contributed by atoms with Crippen molar-refractivity contribution in [3.8, 4) is 5.75 Å². The lowest BCUT2D eigenvalue weighted by Gasteiger charge is -2.24. The Kier molecular flexibility index (Phi) is 7.34. The van der Waals surface area contributed by atoms with Gasteiger partial charge in [-0.3, -0.25) is 14.2 Å². The van der Waals surface area contributed by atoms with Crippen LogP contribution in [0.15, 0.2) is 82.2 Å². The fourth-order valence-electron chi connectivity index (χ4n) is 4.98. The third kappa shape index (κ3) is 4.52. The summed E-state index contributed by atoms with van der Waals surface area (Å²) < 4.78 is 12.5. The van der Waals surface area contributed by atoms with Crippen molar-refractivity contribution in [1.82, 2.24) is 4.57 Å². The molecular weight excluding hydrogens is 514 g/mol. The predicted molar refractivity (Wildman–Crippen MR) is 151 cm³/mol. The summed E-state index contributed by atoms with van der Waals surface area (Å²) in [5, 5.41) is 0. The molecular formula is C30H29N3O5S. The zero-order valence-electron chi connectivity index (χ0n) is 22.1. The molecule has 2 aliphatic rings. The van der Waals surface area contributed by atoms with E-state index >= 15 is 0 Å². The van der Waals surface area contributed by atoms with E-state index in [-0.39, 0.29) is 23.6 Å². The van der Waals surface area contributed by atoms with E-state index < -0.39 is 12.0 Å². The number of thiazole rings is 1. The Morgan fingerprint density at radius 3 is 2.59 bits per heavy atom. The highest BCUT2D eigenvalue weighted by molar-refractivity contribution is 7.07. The number of hydrogen-bond acceptors (Lipinski definition) is 7. The lowest BCUT2D eigenvalue weighted by atomic mass is 9.96. The van der Waals surface area contributed by atoms with Crippen LogP contribution in [0.4, 0.5) is 5.69 Å². The number of anilines is 1. The number of ether oxygens (including phenoxy) is 2. The number of para-hydroxylation sites is 1. The molecule has 2 aromatic carbocycles. The van der Waals surface area contributed by atoms with Crippen LogP contribution in [0, 0.1) is 0 Å². The Hall–Kier alpha value is -4.24. The van der Waals surface area contributed by atoms with Crippen LogP contribution in [0.1, 0.15) is 43.9 Å². The fourth-order valence-corrected chi connectivity index (χ4v) is 6.12. The number of methoxy groups -OCH3 is 1. The molecule has 2 aliphatic heterocycles. The average molecular weight is 544 g/mol. The fraction of sp³-hybridized carbons (Fsp3) is 0.267. The van der Waals surface area contributed by atoms with E-state index in [1.54, 1.807) is 31.1 Å². The monoisotopic (exact) mass is 543 g/mol. The molecule has 8 nitrogen and oxygen atoms in total. The molecule has 5 rings (SSSR count). The van der Waals surface area contributed by atoms with E-state index in [1.807, 2.05) is 36.4 Å². The molecule has 0 bridgehead atoms. The van der Waals surface area contributed by atoms with Crippen molar-refractivity contribution >= 4 is 34.5 Å². The highest BCUT2D eigenvalue weighted by Gasteiger charge is 2.37. The zero-order valence-corrected chi connectivity index (χ0v) is 22.9. The molecule has 1 aromatic heterocycles. The van der Waals surface area contributed by atoms with Crippen LogP contribution in [0.25, 0.3) is 5.57 Å². The molecule has 0 saturated heterocycles. The number of allylic oxidation sites excluding steroid dienone is 1. The second-order valence-corrected chi connectivity index (χ2v) is 10.2. The van der Waals surface area contributed by atoms with Gasteiger partial charge in [-0.05, 0) is 37.1 Å². The van der Waals surface area contributed by atoms with Gasteiger partial charge in [-0.25, -0.2) is 9.79 Å². The minimum atomic E-state index is -0.790. The van der Waals surface area contributed by atoms with Crippen molar-refractivity contribution in [3.63, 3.8) is 0 Å². The highest BCUT2D eigenvalue weighted by Crippen LogP contribution is 2.36. The van der Waals surface area contributed by atoms with E-state index in [4.69, 9.17) is 9.47 Å². The minimum Gasteiger partial charge on any atom is -0.497 e. The first-order valence-electron chi connectivity index (χ1n) is 12.8. The topological polar surface area (TPSA) is 90.2 Å². The van der Waals surface area contributed by atoms with E-state index in [1.165, 1.54) is 22.0 Å². The predicted octanol–water partition coefficient (Wildman–Crippen LogP) is 3.49. The number of rotatable bonds is 8. The van der Waals surface area contributed by atoms with Gasteiger partial charge in [0.25, 0.3) is 11.5 Å². The SMILES string of the molecule is C=CCOC(=O)C1=C(C)N=c2s/c(=C3\C(=O)N(CCCC)c4ccccc43)c(=O)n2[C@H]1c1ccc(OC)cc1. The number of unbranched alkanes of at least 4 members (excludes halogenated alkanes) is 1. The maximum absolute atomic E-state index is 14.2. The Labute approximate surface area is 229 Å². The first kappa shape index (κ1) is 26.4. The summed E-state index contributed by atoms with van der Waals surface area (Å²) in [6, 6.07) is 13.9. The van der Waals surface area contributed by atoms with Gasteiger partial charge in [0.15, 0.2) is 4.80 Å².